The molecule has 35 heavy (non-hydrogen) atoms. The molecule has 1 aliphatic rings. The Balaban J connectivity index is 1.91. The molecule has 190 valence electrons. The van der Waals surface area contributed by atoms with Crippen LogP contribution in [0.5, 0.6) is 0 Å². The second kappa shape index (κ2) is 11.8. The van der Waals surface area contributed by atoms with Crippen LogP contribution in [0.15, 0.2) is 42.5 Å². The molecular weight excluding hydrogens is 533 g/mol. The van der Waals surface area contributed by atoms with E-state index in [-0.39, 0.29) is 34.2 Å². The maximum Gasteiger partial charge on any atom is 0.244 e. The van der Waals surface area contributed by atoms with E-state index in [1.165, 1.54) is 23.1 Å². The van der Waals surface area contributed by atoms with Crippen LogP contribution in [0.1, 0.15) is 38.2 Å². The average Bonchev–Trinajstić information content (AvgIpc) is 3.27. The van der Waals surface area contributed by atoms with E-state index in [9.17, 15) is 18.0 Å². The van der Waals surface area contributed by atoms with Crippen molar-refractivity contribution in [3.05, 3.63) is 63.1 Å². The van der Waals surface area contributed by atoms with Gasteiger partial charge in [0.2, 0.25) is 21.8 Å². The molecule has 1 aliphatic carbocycles. The third-order valence-corrected chi connectivity index (χ3v) is 7.93. The third kappa shape index (κ3) is 7.49. The van der Waals surface area contributed by atoms with Crippen molar-refractivity contribution in [1.82, 2.24) is 10.2 Å². The van der Waals surface area contributed by atoms with Gasteiger partial charge in [0.15, 0.2) is 0 Å². The fourth-order valence-electron chi connectivity index (χ4n) is 4.08. The van der Waals surface area contributed by atoms with Gasteiger partial charge in [-0.3, -0.25) is 13.9 Å². The minimum Gasteiger partial charge on any atom is -0.352 e. The minimum atomic E-state index is -3.88. The molecule has 1 fully saturated rings. The molecule has 0 aromatic heterocycles. The number of carbonyl (C=O) groups is 2. The van der Waals surface area contributed by atoms with Crippen molar-refractivity contribution in [1.29, 1.82) is 0 Å². The molecule has 2 amide bonds. The molecule has 1 saturated carbocycles. The molecule has 0 saturated heterocycles. The first-order valence-corrected chi connectivity index (χ1v) is 14.2. The van der Waals surface area contributed by atoms with E-state index in [0.717, 1.165) is 36.2 Å². The third-order valence-electron chi connectivity index (χ3n) is 5.98. The molecule has 3 rings (SSSR count). The molecule has 2 aromatic rings. The summed E-state index contributed by atoms with van der Waals surface area (Å²) in [4.78, 5) is 28.0. The summed E-state index contributed by atoms with van der Waals surface area (Å²) in [6, 6.07) is 10.5. The van der Waals surface area contributed by atoms with Gasteiger partial charge in [-0.15, -0.1) is 0 Å². The summed E-state index contributed by atoms with van der Waals surface area (Å²) in [6.07, 6.45) is 4.88. The lowest BCUT2D eigenvalue weighted by atomic mass is 10.1. The smallest absolute Gasteiger partial charge is 0.244 e. The van der Waals surface area contributed by atoms with Crippen molar-refractivity contribution >= 4 is 62.3 Å². The predicted octanol–water partition coefficient (Wildman–Crippen LogP) is 4.89. The number of amides is 2. The van der Waals surface area contributed by atoms with E-state index in [1.54, 1.807) is 31.2 Å². The van der Waals surface area contributed by atoms with E-state index >= 15 is 0 Å². The van der Waals surface area contributed by atoms with Gasteiger partial charge in [-0.1, -0.05) is 65.8 Å². The molecule has 11 heteroatoms. The molecule has 1 atom stereocenters. The Morgan fingerprint density at radius 1 is 1.06 bits per heavy atom. The highest BCUT2D eigenvalue weighted by molar-refractivity contribution is 7.92. The Bertz CT molecular complexity index is 1170. The molecule has 2 aromatic carbocycles. The monoisotopic (exact) mass is 559 g/mol. The number of halogens is 3. The maximum absolute atomic E-state index is 13.6. The lowest BCUT2D eigenvalue weighted by Gasteiger charge is -2.32. The Morgan fingerprint density at radius 3 is 2.23 bits per heavy atom. The molecule has 0 bridgehead atoms. The van der Waals surface area contributed by atoms with Crippen molar-refractivity contribution in [3.8, 4) is 0 Å². The van der Waals surface area contributed by atoms with Crippen LogP contribution in [-0.2, 0) is 26.2 Å². The summed E-state index contributed by atoms with van der Waals surface area (Å²) in [5.74, 6) is -0.866. The SMILES string of the molecule is C[C@@H](C(=O)NC1CCCC1)N(Cc1ccccc1Cl)C(=O)CN(c1cc(Cl)cc(Cl)c1)S(C)(=O)=O. The molecule has 0 aliphatic heterocycles. The minimum absolute atomic E-state index is 0.0334. The van der Waals surface area contributed by atoms with Gasteiger partial charge in [0.25, 0.3) is 0 Å². The number of sulfonamides is 1. The van der Waals surface area contributed by atoms with Crippen LogP contribution >= 0.6 is 34.8 Å². The molecular formula is C24H28Cl3N3O4S. The Labute approximate surface area is 221 Å². The van der Waals surface area contributed by atoms with E-state index < -0.39 is 28.5 Å². The zero-order valence-electron chi connectivity index (χ0n) is 19.5. The van der Waals surface area contributed by atoms with Crippen molar-refractivity contribution in [3.63, 3.8) is 0 Å². The van der Waals surface area contributed by atoms with Crippen molar-refractivity contribution < 1.29 is 18.0 Å². The summed E-state index contributed by atoms with van der Waals surface area (Å²) in [5, 5.41) is 3.91. The molecule has 1 N–H and O–H groups in total. The molecule has 0 unspecified atom stereocenters. The summed E-state index contributed by atoms with van der Waals surface area (Å²) in [6.45, 7) is 1.12. The van der Waals surface area contributed by atoms with Crippen LogP contribution in [0, 0.1) is 0 Å². The normalized spacial score (nSPS) is 15.0. The highest BCUT2D eigenvalue weighted by atomic mass is 35.5. The van der Waals surface area contributed by atoms with E-state index in [1.807, 2.05) is 0 Å². The van der Waals surface area contributed by atoms with E-state index in [2.05, 4.69) is 5.32 Å². The van der Waals surface area contributed by atoms with Gasteiger partial charge in [-0.2, -0.15) is 0 Å². The van der Waals surface area contributed by atoms with Gasteiger partial charge in [-0.05, 0) is 49.6 Å². The number of anilines is 1. The van der Waals surface area contributed by atoms with Crippen molar-refractivity contribution in [2.24, 2.45) is 0 Å². The molecule has 0 heterocycles. The first-order chi connectivity index (χ1) is 16.5. The van der Waals surface area contributed by atoms with Gasteiger partial charge in [0.05, 0.1) is 11.9 Å². The maximum atomic E-state index is 13.6. The number of rotatable bonds is 9. The quantitative estimate of drug-likeness (QED) is 0.473. The van der Waals surface area contributed by atoms with Gasteiger partial charge in [-0.25, -0.2) is 8.42 Å². The Hall–Kier alpha value is -2.00. The van der Waals surface area contributed by atoms with Gasteiger partial charge < -0.3 is 10.2 Å². The van der Waals surface area contributed by atoms with Crippen LogP contribution < -0.4 is 9.62 Å². The van der Waals surface area contributed by atoms with Gasteiger partial charge >= 0.3 is 0 Å². The number of hydrogen-bond donors (Lipinski definition) is 1. The fourth-order valence-corrected chi connectivity index (χ4v) is 5.62. The first-order valence-electron chi connectivity index (χ1n) is 11.2. The lowest BCUT2D eigenvalue weighted by molar-refractivity contribution is -0.139. The van der Waals surface area contributed by atoms with E-state index in [4.69, 9.17) is 34.8 Å². The van der Waals surface area contributed by atoms with Crippen LogP contribution in [0.25, 0.3) is 0 Å². The summed E-state index contributed by atoms with van der Waals surface area (Å²) < 4.78 is 26.2. The zero-order valence-corrected chi connectivity index (χ0v) is 22.6. The van der Waals surface area contributed by atoms with E-state index in [0.29, 0.717) is 10.6 Å². The number of nitrogens with zero attached hydrogens (tertiary/aromatic N) is 2. The molecule has 7 nitrogen and oxygen atoms in total. The summed E-state index contributed by atoms with van der Waals surface area (Å²) in [7, 11) is -3.88. The molecule has 0 radical (unpaired) electrons. The number of nitrogens with one attached hydrogen (secondary N) is 1. The Morgan fingerprint density at radius 2 is 1.66 bits per heavy atom. The largest absolute Gasteiger partial charge is 0.352 e. The first kappa shape index (κ1) is 27.6. The fraction of sp³-hybridized carbons (Fsp3) is 0.417. The van der Waals surface area contributed by atoms with Crippen LogP contribution in [0.2, 0.25) is 15.1 Å². The highest BCUT2D eigenvalue weighted by Gasteiger charge is 2.31. The predicted molar refractivity (Wildman–Crippen MR) is 141 cm³/mol. The summed E-state index contributed by atoms with van der Waals surface area (Å²) >= 11 is 18.5. The average molecular weight is 561 g/mol. The van der Waals surface area contributed by atoms with Crippen LogP contribution in [0.4, 0.5) is 5.69 Å². The van der Waals surface area contributed by atoms with Crippen LogP contribution in [0.3, 0.4) is 0 Å². The zero-order chi connectivity index (χ0) is 25.8. The second-order valence-corrected chi connectivity index (χ2v) is 11.9. The van der Waals surface area contributed by atoms with Gasteiger partial charge in [0.1, 0.15) is 12.6 Å². The molecule has 0 spiro atoms. The Kier molecular flexibility index (Phi) is 9.32. The number of carbonyl (C=O) groups excluding carboxylic acids is 2. The van der Waals surface area contributed by atoms with Gasteiger partial charge in [0, 0.05) is 27.7 Å². The topological polar surface area (TPSA) is 86.8 Å². The van der Waals surface area contributed by atoms with Crippen molar-refractivity contribution in [2.45, 2.75) is 51.2 Å². The standard InChI is InChI=1S/C24H28Cl3N3O4S/c1-16(24(32)28-20-8-4-5-9-20)29(14-17-7-3-6-10-22(17)27)23(31)15-30(35(2,33)34)21-12-18(25)11-19(26)13-21/h3,6-7,10-13,16,20H,4-5,8-9,14-15H2,1-2H3,(H,28,32)/t16-/m0/s1. The van der Waals surface area contributed by atoms with Crippen molar-refractivity contribution in [2.75, 3.05) is 17.1 Å². The number of hydrogen-bond acceptors (Lipinski definition) is 4. The lowest BCUT2D eigenvalue weighted by Crippen LogP contribution is -2.52. The second-order valence-electron chi connectivity index (χ2n) is 8.68. The summed E-state index contributed by atoms with van der Waals surface area (Å²) in [5.41, 5.74) is 0.791. The highest BCUT2D eigenvalue weighted by Crippen LogP contribution is 2.28. The van der Waals surface area contributed by atoms with Crippen LogP contribution in [-0.4, -0.2) is 50.0 Å². The number of benzene rings is 2.